The van der Waals surface area contributed by atoms with Gasteiger partial charge in [-0.2, -0.15) is 11.2 Å². The number of rotatable bonds is 7. The molecule has 0 heterocycles. The molecule has 84 valence electrons. The predicted molar refractivity (Wildman–Crippen MR) is 73.3 cm³/mol. The zero-order valence-corrected chi connectivity index (χ0v) is 12.2. The fraction of sp³-hybridized carbons (Fsp3) is 0.909. The SMILES string of the molecule is CC=NCCCC(CC)S[Si](C)(C)C. The molecule has 3 heteroatoms. The smallest absolute Gasteiger partial charge is 0.108 e. The Hall–Kier alpha value is 0.237. The summed E-state index contributed by atoms with van der Waals surface area (Å²) in [5, 5.41) is 0.869. The molecule has 1 atom stereocenters. The van der Waals surface area contributed by atoms with E-state index in [2.05, 4.69) is 42.8 Å². The Kier molecular flexibility index (Phi) is 7.65. The summed E-state index contributed by atoms with van der Waals surface area (Å²) >= 11 is 2.25. The van der Waals surface area contributed by atoms with Gasteiger partial charge in [0.25, 0.3) is 0 Å². The number of aliphatic imine (C=N–C) groups is 1. The highest BCUT2D eigenvalue weighted by atomic mass is 32.4. The molecule has 0 amide bonds. The minimum absolute atomic E-state index is 0.869. The number of hydrogen-bond donors (Lipinski definition) is 0. The molecule has 0 aliphatic carbocycles. The van der Waals surface area contributed by atoms with E-state index in [1.54, 1.807) is 0 Å². The van der Waals surface area contributed by atoms with Gasteiger partial charge in [0.05, 0.1) is 0 Å². The highest BCUT2D eigenvalue weighted by Gasteiger charge is 2.19. The molecular weight excluding hydrogens is 206 g/mol. The van der Waals surface area contributed by atoms with Gasteiger partial charge in [-0.25, -0.2) is 0 Å². The lowest BCUT2D eigenvalue weighted by atomic mass is 10.2. The van der Waals surface area contributed by atoms with E-state index in [-0.39, 0.29) is 0 Å². The summed E-state index contributed by atoms with van der Waals surface area (Å²) in [5.41, 5.74) is 0. The Bertz CT molecular complexity index is 163. The molecule has 0 aromatic rings. The van der Waals surface area contributed by atoms with Crippen LogP contribution in [0.15, 0.2) is 4.99 Å². The van der Waals surface area contributed by atoms with Gasteiger partial charge in [0.15, 0.2) is 0 Å². The second-order valence-corrected chi connectivity index (χ2v) is 14.1. The molecule has 0 aliphatic heterocycles. The van der Waals surface area contributed by atoms with Crippen molar-refractivity contribution in [3.8, 4) is 0 Å². The van der Waals surface area contributed by atoms with E-state index in [1.807, 2.05) is 13.1 Å². The summed E-state index contributed by atoms with van der Waals surface area (Å²) in [4.78, 5) is 4.25. The van der Waals surface area contributed by atoms with Crippen LogP contribution in [-0.2, 0) is 0 Å². The van der Waals surface area contributed by atoms with E-state index in [0.29, 0.717) is 0 Å². The van der Waals surface area contributed by atoms with Crippen LogP contribution in [0.1, 0.15) is 33.1 Å². The normalized spacial score (nSPS) is 14.9. The van der Waals surface area contributed by atoms with Crippen molar-refractivity contribution in [3.63, 3.8) is 0 Å². The van der Waals surface area contributed by atoms with Crippen molar-refractivity contribution in [2.24, 2.45) is 4.99 Å². The van der Waals surface area contributed by atoms with E-state index in [9.17, 15) is 0 Å². The van der Waals surface area contributed by atoms with Crippen LogP contribution in [0.3, 0.4) is 0 Å². The molecule has 0 N–H and O–H groups in total. The Morgan fingerprint density at radius 1 is 1.36 bits per heavy atom. The van der Waals surface area contributed by atoms with Gasteiger partial charge < -0.3 is 0 Å². The second kappa shape index (κ2) is 7.52. The fourth-order valence-electron chi connectivity index (χ4n) is 1.39. The van der Waals surface area contributed by atoms with E-state index >= 15 is 0 Å². The van der Waals surface area contributed by atoms with Gasteiger partial charge in [0.2, 0.25) is 0 Å². The van der Waals surface area contributed by atoms with Crippen LogP contribution in [0, 0.1) is 0 Å². The van der Waals surface area contributed by atoms with Crippen LogP contribution in [0.25, 0.3) is 0 Å². The van der Waals surface area contributed by atoms with E-state index in [4.69, 9.17) is 0 Å². The summed E-state index contributed by atoms with van der Waals surface area (Å²) in [6, 6.07) is 0. The summed E-state index contributed by atoms with van der Waals surface area (Å²) in [6.07, 6.45) is 5.81. The Morgan fingerprint density at radius 2 is 2.00 bits per heavy atom. The first kappa shape index (κ1) is 14.2. The molecule has 0 fully saturated rings. The van der Waals surface area contributed by atoms with Crippen LogP contribution < -0.4 is 0 Å². The van der Waals surface area contributed by atoms with Crippen LogP contribution in [0.2, 0.25) is 19.6 Å². The molecule has 0 bridgehead atoms. The van der Waals surface area contributed by atoms with E-state index < -0.39 is 7.22 Å². The third-order valence-corrected chi connectivity index (χ3v) is 6.70. The van der Waals surface area contributed by atoms with Crippen LogP contribution in [-0.4, -0.2) is 25.2 Å². The summed E-state index contributed by atoms with van der Waals surface area (Å²) in [6.45, 7) is 12.6. The van der Waals surface area contributed by atoms with Gasteiger partial charge in [0, 0.05) is 6.54 Å². The van der Waals surface area contributed by atoms with E-state index in [1.165, 1.54) is 19.3 Å². The number of nitrogens with zero attached hydrogens (tertiary/aromatic N) is 1. The zero-order chi connectivity index (χ0) is 11.0. The largest absolute Gasteiger partial charge is 0.298 e. The molecule has 0 saturated heterocycles. The first-order valence-electron chi connectivity index (χ1n) is 5.62. The van der Waals surface area contributed by atoms with Gasteiger partial charge in [-0.1, -0.05) is 26.6 Å². The van der Waals surface area contributed by atoms with Crippen molar-refractivity contribution in [2.45, 2.75) is 58.0 Å². The summed E-state index contributed by atoms with van der Waals surface area (Å²) in [7, 11) is -0.932. The molecular formula is C11H25NSSi. The average molecular weight is 231 g/mol. The topological polar surface area (TPSA) is 12.4 Å². The molecule has 0 saturated carbocycles. The lowest BCUT2D eigenvalue weighted by Crippen LogP contribution is -2.20. The van der Waals surface area contributed by atoms with Crippen molar-refractivity contribution < 1.29 is 0 Å². The Labute approximate surface area is 94.4 Å². The molecule has 0 aliphatic rings. The van der Waals surface area contributed by atoms with Crippen molar-refractivity contribution in [1.29, 1.82) is 0 Å². The molecule has 0 radical (unpaired) electrons. The van der Waals surface area contributed by atoms with Crippen molar-refractivity contribution >= 4 is 24.6 Å². The standard InChI is InChI=1S/C11H25NSSi/c1-6-11(13-14(3,4)5)9-8-10-12-7-2/h7,11H,6,8-10H2,1-5H3. The maximum Gasteiger partial charge on any atom is 0.108 e. The molecule has 1 nitrogen and oxygen atoms in total. The Balaban J connectivity index is 3.69. The van der Waals surface area contributed by atoms with Crippen LogP contribution >= 0.6 is 11.2 Å². The molecule has 0 aromatic heterocycles. The molecule has 1 unspecified atom stereocenters. The summed E-state index contributed by atoms with van der Waals surface area (Å²) in [5.74, 6) is 0. The fourth-order valence-corrected chi connectivity index (χ4v) is 6.69. The van der Waals surface area contributed by atoms with Gasteiger partial charge in [-0.3, -0.25) is 4.99 Å². The van der Waals surface area contributed by atoms with Crippen molar-refractivity contribution in [1.82, 2.24) is 0 Å². The van der Waals surface area contributed by atoms with Gasteiger partial charge in [-0.05, 0) is 37.7 Å². The maximum atomic E-state index is 4.25. The Morgan fingerprint density at radius 3 is 2.43 bits per heavy atom. The van der Waals surface area contributed by atoms with Gasteiger partial charge in [0.1, 0.15) is 7.22 Å². The quantitative estimate of drug-likeness (QED) is 0.363. The zero-order valence-electron chi connectivity index (χ0n) is 10.3. The van der Waals surface area contributed by atoms with Gasteiger partial charge in [-0.15, -0.1) is 0 Å². The lowest BCUT2D eigenvalue weighted by molar-refractivity contribution is 0.693. The van der Waals surface area contributed by atoms with Crippen molar-refractivity contribution in [3.05, 3.63) is 0 Å². The predicted octanol–water partition coefficient (Wildman–Crippen LogP) is 4.20. The molecule has 14 heavy (non-hydrogen) atoms. The lowest BCUT2D eigenvalue weighted by Gasteiger charge is -2.23. The molecule has 0 aromatic carbocycles. The van der Waals surface area contributed by atoms with Crippen LogP contribution in [0.5, 0.6) is 0 Å². The second-order valence-electron chi connectivity index (χ2n) is 4.57. The van der Waals surface area contributed by atoms with E-state index in [0.717, 1.165) is 11.8 Å². The first-order valence-corrected chi connectivity index (χ1v) is 10.7. The molecule has 0 rings (SSSR count). The number of hydrogen-bond acceptors (Lipinski definition) is 2. The van der Waals surface area contributed by atoms with Gasteiger partial charge >= 0.3 is 0 Å². The highest BCUT2D eigenvalue weighted by Crippen LogP contribution is 2.29. The molecule has 0 spiro atoms. The minimum Gasteiger partial charge on any atom is -0.298 e. The third kappa shape index (κ3) is 8.82. The van der Waals surface area contributed by atoms with Crippen LogP contribution in [0.4, 0.5) is 0 Å². The average Bonchev–Trinajstić information content (AvgIpc) is 2.08. The first-order chi connectivity index (χ1) is 6.49. The minimum atomic E-state index is -0.932. The highest BCUT2D eigenvalue weighted by molar-refractivity contribution is 8.29. The third-order valence-electron chi connectivity index (χ3n) is 1.97. The monoisotopic (exact) mass is 231 g/mol. The van der Waals surface area contributed by atoms with Crippen molar-refractivity contribution in [2.75, 3.05) is 6.54 Å². The maximum absolute atomic E-state index is 4.25. The summed E-state index contributed by atoms with van der Waals surface area (Å²) < 4.78 is 0.